The molecular weight excluding hydrogens is 223 g/mol. The molecule has 0 heterocycles. The van der Waals surface area contributed by atoms with Crippen LogP contribution in [0, 0.1) is 0 Å². The number of hydrogen-bond donors (Lipinski definition) is 3. The van der Waals surface area contributed by atoms with E-state index in [1.54, 1.807) is 0 Å². The molecule has 0 unspecified atom stereocenters. The van der Waals surface area contributed by atoms with Gasteiger partial charge in [-0.25, -0.2) is 0 Å². The van der Waals surface area contributed by atoms with E-state index < -0.39 is 24.9 Å². The minimum absolute atomic E-state index is 0. The fourth-order valence-electron chi connectivity index (χ4n) is 0.303. The quantitative estimate of drug-likeness (QED) is 0.251. The summed E-state index contributed by atoms with van der Waals surface area (Å²) < 4.78 is 53.6. The van der Waals surface area contributed by atoms with Gasteiger partial charge in [0.25, 0.3) is 20.2 Å². The van der Waals surface area contributed by atoms with Crippen molar-refractivity contribution in [3.05, 3.63) is 5.84 Å². The molecule has 0 saturated carbocycles. The average Bonchev–Trinajstić information content (AvgIpc) is 1.56. The van der Waals surface area contributed by atoms with Crippen molar-refractivity contribution in [2.45, 2.75) is 4.71 Å². The number of rotatable bonds is 3. The van der Waals surface area contributed by atoms with Gasteiger partial charge in [-0.2, -0.15) is 16.8 Å². The summed E-state index contributed by atoms with van der Waals surface area (Å²) >= 11 is 0. The standard InChI is InChI=1S/CH5N2O6S2.Na/c2-3-1(10(4,5)6)11(7,8)9;/h1-3H,(H,4,5,6)(H,7,8,9);/q-1;+1. The molecule has 4 N–H and O–H groups in total. The minimum atomic E-state index is -5.01. The van der Waals surface area contributed by atoms with Crippen LogP contribution in [0.15, 0.2) is 0 Å². The molecule has 0 aromatic carbocycles. The predicted octanol–water partition coefficient (Wildman–Crippen LogP) is -4.39. The molecule has 0 bridgehead atoms. The first-order valence-electron chi connectivity index (χ1n) is 2.04. The van der Waals surface area contributed by atoms with Gasteiger partial charge < -0.3 is 11.3 Å². The molecule has 0 radical (unpaired) electrons. The third kappa shape index (κ3) is 4.69. The van der Waals surface area contributed by atoms with Crippen molar-refractivity contribution < 1.29 is 55.5 Å². The molecule has 0 aliphatic rings. The maximum absolute atomic E-state index is 10.0. The van der Waals surface area contributed by atoms with E-state index in [0.717, 1.165) is 5.43 Å². The van der Waals surface area contributed by atoms with Gasteiger partial charge in [0.1, 0.15) is 0 Å². The molecule has 0 saturated heterocycles. The van der Waals surface area contributed by atoms with Crippen LogP contribution < -0.4 is 35.0 Å². The van der Waals surface area contributed by atoms with Crippen LogP contribution in [0.4, 0.5) is 0 Å². The molecule has 0 aliphatic heterocycles. The second-order valence-electron chi connectivity index (χ2n) is 1.51. The molecular formula is CH5N2NaO6S2. The van der Waals surface area contributed by atoms with Gasteiger partial charge in [0.15, 0.2) is 0 Å². The van der Waals surface area contributed by atoms with Crippen LogP contribution in [-0.4, -0.2) is 30.6 Å². The van der Waals surface area contributed by atoms with Crippen LogP contribution in [0.25, 0.3) is 5.84 Å². The van der Waals surface area contributed by atoms with E-state index in [1.807, 2.05) is 0 Å². The fourth-order valence-corrected chi connectivity index (χ4v) is 1.83. The fraction of sp³-hybridized carbons (Fsp3) is 1.00. The van der Waals surface area contributed by atoms with E-state index in [2.05, 4.69) is 0 Å². The van der Waals surface area contributed by atoms with Gasteiger partial charge in [0, 0.05) is 0 Å². The molecule has 0 spiro atoms. The summed E-state index contributed by atoms with van der Waals surface area (Å²) in [6, 6.07) is 0. The van der Waals surface area contributed by atoms with Gasteiger partial charge in [-0.05, 0) is 0 Å². The minimum Gasteiger partial charge on any atom is -0.611 e. The van der Waals surface area contributed by atoms with Crippen LogP contribution in [0.5, 0.6) is 0 Å². The summed E-state index contributed by atoms with van der Waals surface area (Å²) in [5.41, 5.74) is 0.956. The maximum Gasteiger partial charge on any atom is 1.00 e. The molecule has 68 valence electrons. The third-order valence-corrected chi connectivity index (χ3v) is 3.44. The topological polar surface area (TPSA) is 145 Å². The van der Waals surface area contributed by atoms with Crippen molar-refractivity contribution in [2.24, 2.45) is 0 Å². The van der Waals surface area contributed by atoms with Crippen LogP contribution in [0.3, 0.4) is 0 Å². The predicted molar refractivity (Wildman–Crippen MR) is 34.3 cm³/mol. The Hall–Kier alpha value is 0.740. The molecule has 0 aliphatic carbocycles. The van der Waals surface area contributed by atoms with E-state index in [1.165, 1.54) is 0 Å². The van der Waals surface area contributed by atoms with Crippen molar-refractivity contribution in [1.82, 2.24) is 5.43 Å². The van der Waals surface area contributed by atoms with E-state index in [9.17, 15) is 16.8 Å². The van der Waals surface area contributed by atoms with Crippen LogP contribution in [0.2, 0.25) is 0 Å². The van der Waals surface area contributed by atoms with Crippen LogP contribution >= 0.6 is 0 Å². The second kappa shape index (κ2) is 4.83. The Morgan fingerprint density at radius 3 is 1.33 bits per heavy atom. The maximum atomic E-state index is 10.0. The van der Waals surface area contributed by atoms with E-state index in [4.69, 9.17) is 14.9 Å². The average molecular weight is 228 g/mol. The first-order chi connectivity index (χ1) is 4.69. The van der Waals surface area contributed by atoms with Crippen LogP contribution in [-0.2, 0) is 20.2 Å². The van der Waals surface area contributed by atoms with Gasteiger partial charge in [-0.15, -0.1) is 0 Å². The zero-order chi connectivity index (χ0) is 9.28. The Labute approximate surface area is 91.3 Å². The smallest absolute Gasteiger partial charge is 0.611 e. The summed E-state index contributed by atoms with van der Waals surface area (Å²) in [6.07, 6.45) is 0. The molecule has 0 rings (SSSR count). The molecule has 0 fully saturated rings. The summed E-state index contributed by atoms with van der Waals surface area (Å²) in [5, 5.41) is 0. The van der Waals surface area contributed by atoms with Crippen molar-refractivity contribution in [3.63, 3.8) is 0 Å². The van der Waals surface area contributed by atoms with Gasteiger partial charge >= 0.3 is 29.6 Å². The molecule has 0 amide bonds. The van der Waals surface area contributed by atoms with Crippen molar-refractivity contribution in [1.29, 1.82) is 0 Å². The Morgan fingerprint density at radius 1 is 1.08 bits per heavy atom. The summed E-state index contributed by atoms with van der Waals surface area (Å²) in [7, 11) is -10.0. The monoisotopic (exact) mass is 228 g/mol. The Morgan fingerprint density at radius 2 is 1.33 bits per heavy atom. The molecule has 8 nitrogen and oxygen atoms in total. The van der Waals surface area contributed by atoms with Crippen LogP contribution in [0.1, 0.15) is 0 Å². The third-order valence-electron chi connectivity index (χ3n) is 0.659. The molecule has 0 atom stereocenters. The zero-order valence-corrected chi connectivity index (χ0v) is 9.55. The zero-order valence-electron chi connectivity index (χ0n) is 5.92. The first kappa shape index (κ1) is 15.2. The summed E-state index contributed by atoms with van der Waals surface area (Å²) in [6.45, 7) is 0. The second-order valence-corrected chi connectivity index (χ2v) is 4.81. The van der Waals surface area contributed by atoms with E-state index >= 15 is 0 Å². The van der Waals surface area contributed by atoms with Gasteiger partial charge in [0.2, 0.25) is 4.71 Å². The Balaban J connectivity index is 0. The van der Waals surface area contributed by atoms with E-state index in [0.29, 0.717) is 0 Å². The molecule has 12 heavy (non-hydrogen) atoms. The normalized spacial score (nSPS) is 12.7. The van der Waals surface area contributed by atoms with Gasteiger partial charge in [-0.1, -0.05) is 0 Å². The SMILES string of the molecule is [NH-]NC(S(=O)(=O)O)S(=O)(=O)O.[Na+]. The first-order valence-corrected chi connectivity index (χ1v) is 5.05. The summed E-state index contributed by atoms with van der Waals surface area (Å²) in [4.78, 5) is 0. The Kier molecular flexibility index (Phi) is 6.13. The van der Waals surface area contributed by atoms with Crippen molar-refractivity contribution >= 4 is 20.2 Å². The number of hydrogen-bond acceptors (Lipinski definition) is 5. The molecule has 0 aromatic rings. The Bertz CT molecular complexity index is 285. The molecule has 0 aromatic heterocycles. The number of nitrogens with one attached hydrogen (secondary N) is 2. The molecule has 11 heteroatoms. The largest absolute Gasteiger partial charge is 1.00 e. The van der Waals surface area contributed by atoms with Gasteiger partial charge in [-0.3, -0.25) is 9.11 Å². The van der Waals surface area contributed by atoms with Crippen molar-refractivity contribution in [3.8, 4) is 0 Å². The van der Waals surface area contributed by atoms with E-state index in [-0.39, 0.29) is 29.6 Å². The van der Waals surface area contributed by atoms with Crippen molar-refractivity contribution in [2.75, 3.05) is 0 Å². The summed E-state index contributed by atoms with van der Waals surface area (Å²) in [5.74, 6) is 6.14. The van der Waals surface area contributed by atoms with Gasteiger partial charge in [0.05, 0.1) is 0 Å².